The second-order valence-electron chi connectivity index (χ2n) is 14.5. The number of rotatable bonds is 2. The Kier molecular flexibility index (Phi) is 5.87. The largest absolute Gasteiger partial charge is 0.344 e. The topological polar surface area (TPSA) is 9.86 Å². The molecule has 0 unspecified atom stereocenters. The van der Waals surface area contributed by atoms with Crippen LogP contribution in [0.1, 0.15) is 24.0 Å². The second kappa shape index (κ2) is 10.5. The molecule has 1 aliphatic carbocycles. The smallest absolute Gasteiger partial charge is 0.0489 e. The highest BCUT2D eigenvalue weighted by Gasteiger charge is 2.27. The molecule has 0 N–H and O–H groups in total. The maximum Gasteiger partial charge on any atom is 0.0489 e. The van der Waals surface area contributed by atoms with Gasteiger partial charge in [0, 0.05) is 93.1 Å². The second-order valence-corrected chi connectivity index (χ2v) is 16.7. The first-order chi connectivity index (χ1) is 25.6. The summed E-state index contributed by atoms with van der Waals surface area (Å²) in [5.74, 6) is 0. The minimum atomic E-state index is 1.05. The zero-order chi connectivity index (χ0) is 34.2. The first-order valence-electron chi connectivity index (χ1n) is 18.1. The lowest BCUT2D eigenvalue weighted by Crippen LogP contribution is -2.02. The van der Waals surface area contributed by atoms with Gasteiger partial charge < -0.3 is 9.13 Å². The molecule has 3 aromatic heterocycles. The number of hydrogen-bond donors (Lipinski definition) is 0. The van der Waals surface area contributed by atoms with Crippen LogP contribution in [0.2, 0.25) is 0 Å². The lowest BCUT2D eigenvalue weighted by atomic mass is 9.86. The highest BCUT2D eigenvalue weighted by molar-refractivity contribution is 8.03. The van der Waals surface area contributed by atoms with Gasteiger partial charge in [0.1, 0.15) is 0 Å². The molecule has 4 heterocycles. The molecule has 0 amide bonds. The average molecular weight is 701 g/mol. The van der Waals surface area contributed by atoms with Gasteiger partial charge in [-0.3, -0.25) is 0 Å². The van der Waals surface area contributed by atoms with Crippen LogP contribution < -0.4 is 0 Å². The minimum Gasteiger partial charge on any atom is -0.344 e. The lowest BCUT2D eigenvalue weighted by molar-refractivity contribution is 1.01. The molecule has 10 aromatic rings. The van der Waals surface area contributed by atoms with Crippen LogP contribution in [0.4, 0.5) is 0 Å². The van der Waals surface area contributed by atoms with Crippen molar-refractivity contribution in [3.63, 3.8) is 0 Å². The van der Waals surface area contributed by atoms with Crippen LogP contribution in [0.3, 0.4) is 0 Å². The Morgan fingerprint density at radius 1 is 0.481 bits per heavy atom. The Bertz CT molecular complexity index is 3290. The number of thiophene rings is 1. The van der Waals surface area contributed by atoms with Gasteiger partial charge in [-0.2, -0.15) is 0 Å². The molecule has 0 spiro atoms. The van der Waals surface area contributed by atoms with Gasteiger partial charge in [0.15, 0.2) is 0 Å². The predicted molar refractivity (Wildman–Crippen MR) is 227 cm³/mol. The van der Waals surface area contributed by atoms with E-state index in [1.807, 2.05) is 23.1 Å². The molecule has 0 saturated heterocycles. The molecule has 246 valence electrons. The standard InChI is InChI=1S/C48H32N2S2/c1-49-39-11-5-3-8-31(39)36-22-27(16-20-41(36)49)29-14-18-33-38-26-46-47(35-10-7-13-43(48(35)38)51-44(33)24-29)34-19-15-30(25-45(34)52-46)28-17-21-42-37(23-28)32-9-4-6-12-40(32)50(42)2/h3-13,15-17,19-26H,14,18H2,1-2H3. The van der Waals surface area contributed by atoms with Crippen molar-refractivity contribution in [2.75, 3.05) is 0 Å². The van der Waals surface area contributed by atoms with Crippen LogP contribution in [0, 0.1) is 0 Å². The van der Waals surface area contributed by atoms with E-state index in [9.17, 15) is 0 Å². The Hall–Kier alpha value is -5.55. The maximum absolute atomic E-state index is 2.52. The first kappa shape index (κ1) is 29.1. The fourth-order valence-corrected chi connectivity index (χ4v) is 11.8. The van der Waals surface area contributed by atoms with Crippen LogP contribution >= 0.6 is 23.1 Å². The first-order valence-corrected chi connectivity index (χ1v) is 19.7. The number of fused-ring (bicyclic) bond motifs is 11. The Balaban J connectivity index is 0.989. The number of nitrogens with zero attached hydrogens (tertiary/aromatic N) is 2. The number of aromatic nitrogens is 2. The number of benzene rings is 7. The van der Waals surface area contributed by atoms with Crippen LogP contribution in [0.25, 0.3) is 96.8 Å². The van der Waals surface area contributed by atoms with Crippen molar-refractivity contribution >= 4 is 109 Å². The van der Waals surface area contributed by atoms with E-state index < -0.39 is 0 Å². The van der Waals surface area contributed by atoms with Crippen LogP contribution in [0.15, 0.2) is 143 Å². The summed E-state index contributed by atoms with van der Waals surface area (Å²) in [6.07, 6.45) is 4.60. The zero-order valence-electron chi connectivity index (χ0n) is 28.8. The van der Waals surface area contributed by atoms with Gasteiger partial charge in [-0.25, -0.2) is 0 Å². The van der Waals surface area contributed by atoms with Crippen molar-refractivity contribution in [3.05, 3.63) is 150 Å². The summed E-state index contributed by atoms with van der Waals surface area (Å²) < 4.78 is 7.36. The quantitative estimate of drug-likeness (QED) is 0.175. The molecule has 0 fully saturated rings. The van der Waals surface area contributed by atoms with Gasteiger partial charge >= 0.3 is 0 Å². The van der Waals surface area contributed by atoms with Gasteiger partial charge in [0.25, 0.3) is 0 Å². The van der Waals surface area contributed by atoms with Crippen LogP contribution in [-0.2, 0) is 14.1 Å². The van der Waals surface area contributed by atoms with Gasteiger partial charge in [0.2, 0.25) is 0 Å². The average Bonchev–Trinajstić information content (AvgIpc) is 3.81. The molecule has 2 nitrogen and oxygen atoms in total. The normalized spacial score (nSPS) is 14.5. The molecule has 0 atom stereocenters. The molecule has 0 radical (unpaired) electrons. The fraction of sp³-hybridized carbons (Fsp3) is 0.0833. The summed E-state index contributed by atoms with van der Waals surface area (Å²) in [6, 6.07) is 48.1. The van der Waals surface area contributed by atoms with E-state index in [1.54, 1.807) is 0 Å². The van der Waals surface area contributed by atoms with Crippen molar-refractivity contribution < 1.29 is 0 Å². The number of hydrogen-bond acceptors (Lipinski definition) is 2. The van der Waals surface area contributed by atoms with Gasteiger partial charge in [-0.05, 0) is 112 Å². The predicted octanol–water partition coefficient (Wildman–Crippen LogP) is 13.9. The molecule has 2 aliphatic rings. The van der Waals surface area contributed by atoms with Gasteiger partial charge in [-0.15, -0.1) is 11.3 Å². The van der Waals surface area contributed by atoms with E-state index in [4.69, 9.17) is 0 Å². The summed E-state index contributed by atoms with van der Waals surface area (Å²) in [6.45, 7) is 0. The van der Waals surface area contributed by atoms with E-state index in [0.717, 1.165) is 12.8 Å². The lowest BCUT2D eigenvalue weighted by Gasteiger charge is -2.27. The molecule has 0 saturated carbocycles. The number of aryl methyl sites for hydroxylation is 2. The summed E-state index contributed by atoms with van der Waals surface area (Å²) in [7, 11) is 4.35. The number of allylic oxidation sites excluding steroid dienone is 3. The Labute approximate surface area is 308 Å². The molecule has 4 heteroatoms. The summed E-state index contributed by atoms with van der Waals surface area (Å²) in [5, 5.41) is 10.9. The zero-order valence-corrected chi connectivity index (χ0v) is 30.5. The van der Waals surface area contributed by atoms with Crippen molar-refractivity contribution in [1.29, 1.82) is 0 Å². The third kappa shape index (κ3) is 3.91. The molecule has 0 bridgehead atoms. The summed E-state index contributed by atoms with van der Waals surface area (Å²) >= 11 is 3.91. The van der Waals surface area contributed by atoms with Crippen LogP contribution in [0.5, 0.6) is 0 Å². The third-order valence-electron chi connectivity index (χ3n) is 11.9. The van der Waals surface area contributed by atoms with E-state index in [1.165, 1.54) is 118 Å². The third-order valence-corrected chi connectivity index (χ3v) is 14.1. The van der Waals surface area contributed by atoms with Crippen molar-refractivity contribution in [1.82, 2.24) is 9.13 Å². The summed E-state index contributed by atoms with van der Waals surface area (Å²) in [4.78, 5) is 2.78. The Morgan fingerprint density at radius 3 is 1.88 bits per heavy atom. The van der Waals surface area contributed by atoms with Crippen molar-refractivity contribution in [3.8, 4) is 11.1 Å². The van der Waals surface area contributed by atoms with Crippen LogP contribution in [-0.4, -0.2) is 9.13 Å². The van der Waals surface area contributed by atoms with E-state index in [-0.39, 0.29) is 0 Å². The Morgan fingerprint density at radius 2 is 1.12 bits per heavy atom. The number of para-hydroxylation sites is 2. The van der Waals surface area contributed by atoms with Gasteiger partial charge in [-0.1, -0.05) is 84.6 Å². The summed E-state index contributed by atoms with van der Waals surface area (Å²) in [5.41, 5.74) is 13.4. The molecular weight excluding hydrogens is 669 g/mol. The van der Waals surface area contributed by atoms with Crippen molar-refractivity contribution in [2.24, 2.45) is 14.1 Å². The molecule has 1 aliphatic heterocycles. The highest BCUT2D eigenvalue weighted by Crippen LogP contribution is 2.53. The SMILES string of the molecule is Cn1c2ccccc2c2cc(C3=CC4=C(CC3)c3cc5sc6cc(-c7ccc8c(c7)c7ccccc7n8C)ccc6c5c5cccc(c35)S4)ccc21. The molecule has 12 rings (SSSR count). The molecule has 7 aromatic carbocycles. The van der Waals surface area contributed by atoms with E-state index in [2.05, 4.69) is 157 Å². The number of thioether (sulfide) groups is 1. The van der Waals surface area contributed by atoms with Gasteiger partial charge in [0.05, 0.1) is 0 Å². The highest BCUT2D eigenvalue weighted by atomic mass is 32.2. The molecule has 52 heavy (non-hydrogen) atoms. The maximum atomic E-state index is 2.52. The van der Waals surface area contributed by atoms with E-state index in [0.29, 0.717) is 0 Å². The van der Waals surface area contributed by atoms with E-state index >= 15 is 0 Å². The molecular formula is C48H32N2S2. The monoisotopic (exact) mass is 700 g/mol. The van der Waals surface area contributed by atoms with Crippen molar-refractivity contribution in [2.45, 2.75) is 17.7 Å². The fourth-order valence-electron chi connectivity index (χ4n) is 9.34. The minimum absolute atomic E-state index is 1.05.